The van der Waals surface area contributed by atoms with Crippen LogP contribution >= 0.6 is 15.9 Å². The maximum atomic E-state index is 12.1. The Bertz CT molecular complexity index is 753. The van der Waals surface area contributed by atoms with Gasteiger partial charge in [0, 0.05) is 27.7 Å². The van der Waals surface area contributed by atoms with Gasteiger partial charge in [-0.25, -0.2) is 4.98 Å². The van der Waals surface area contributed by atoms with Gasteiger partial charge in [-0.05, 0) is 44.0 Å². The van der Waals surface area contributed by atoms with Crippen molar-refractivity contribution in [1.82, 2.24) is 9.97 Å². The SMILES string of the molecule is Cc1cc(Br)ccc1-c1nc(C)c(CCC(=O)O)c(=O)[nH]1. The zero-order valence-electron chi connectivity index (χ0n) is 11.7. The highest BCUT2D eigenvalue weighted by atomic mass is 79.9. The number of nitrogens with zero attached hydrogens (tertiary/aromatic N) is 1. The van der Waals surface area contributed by atoms with Gasteiger partial charge in [0.05, 0.1) is 0 Å². The zero-order chi connectivity index (χ0) is 15.6. The average Bonchev–Trinajstić information content (AvgIpc) is 2.37. The molecule has 110 valence electrons. The number of carboxylic acid groups (broad SMARTS) is 1. The van der Waals surface area contributed by atoms with Gasteiger partial charge in [-0.15, -0.1) is 0 Å². The second-order valence-electron chi connectivity index (χ2n) is 4.83. The molecule has 1 aromatic heterocycles. The van der Waals surface area contributed by atoms with Gasteiger partial charge in [-0.1, -0.05) is 15.9 Å². The standard InChI is InChI=1S/C15H15BrN2O3/c1-8-7-10(16)3-4-11(8)14-17-9(2)12(15(21)18-14)5-6-13(19)20/h3-4,7H,5-6H2,1-2H3,(H,19,20)(H,17,18,21). The van der Waals surface area contributed by atoms with Gasteiger partial charge in [-0.3, -0.25) is 9.59 Å². The molecule has 2 N–H and O–H groups in total. The van der Waals surface area contributed by atoms with Crippen LogP contribution in [-0.4, -0.2) is 21.0 Å². The molecule has 0 aliphatic heterocycles. The third-order valence-electron chi connectivity index (χ3n) is 3.25. The molecule has 1 heterocycles. The summed E-state index contributed by atoms with van der Waals surface area (Å²) in [4.78, 5) is 29.9. The number of hydrogen-bond acceptors (Lipinski definition) is 3. The number of rotatable bonds is 4. The van der Waals surface area contributed by atoms with Gasteiger partial charge in [0.2, 0.25) is 0 Å². The van der Waals surface area contributed by atoms with E-state index in [9.17, 15) is 9.59 Å². The zero-order valence-corrected chi connectivity index (χ0v) is 13.3. The molecule has 0 amide bonds. The fourth-order valence-corrected chi connectivity index (χ4v) is 2.63. The number of H-pyrrole nitrogens is 1. The van der Waals surface area contributed by atoms with Crippen LogP contribution in [0.5, 0.6) is 0 Å². The van der Waals surface area contributed by atoms with E-state index < -0.39 is 5.97 Å². The van der Waals surface area contributed by atoms with E-state index in [1.807, 2.05) is 25.1 Å². The molecule has 2 aromatic rings. The normalized spacial score (nSPS) is 10.6. The molecule has 0 aliphatic carbocycles. The first-order valence-corrected chi connectivity index (χ1v) is 7.26. The summed E-state index contributed by atoms with van der Waals surface area (Å²) in [5.41, 5.74) is 2.56. The van der Waals surface area contributed by atoms with Crippen molar-refractivity contribution in [3.8, 4) is 11.4 Å². The Morgan fingerprint density at radius 2 is 2.10 bits per heavy atom. The van der Waals surface area contributed by atoms with Crippen molar-refractivity contribution in [3.63, 3.8) is 0 Å². The fraction of sp³-hybridized carbons (Fsp3) is 0.267. The Morgan fingerprint density at radius 3 is 2.67 bits per heavy atom. The summed E-state index contributed by atoms with van der Waals surface area (Å²) >= 11 is 3.40. The number of nitrogens with one attached hydrogen (secondary N) is 1. The lowest BCUT2D eigenvalue weighted by atomic mass is 10.1. The van der Waals surface area contributed by atoms with Crippen LogP contribution in [0.15, 0.2) is 27.5 Å². The molecular formula is C15H15BrN2O3. The van der Waals surface area contributed by atoms with Crippen molar-refractivity contribution in [1.29, 1.82) is 0 Å². The Kier molecular flexibility index (Phi) is 4.57. The number of aromatic amines is 1. The molecule has 2 rings (SSSR count). The molecule has 0 saturated heterocycles. The predicted octanol–water partition coefficient (Wildman–Crippen LogP) is 2.83. The molecule has 21 heavy (non-hydrogen) atoms. The first-order valence-electron chi connectivity index (χ1n) is 6.46. The quantitative estimate of drug-likeness (QED) is 0.887. The van der Waals surface area contributed by atoms with Gasteiger partial charge in [-0.2, -0.15) is 0 Å². The lowest BCUT2D eigenvalue weighted by Crippen LogP contribution is -2.18. The summed E-state index contributed by atoms with van der Waals surface area (Å²) in [6.07, 6.45) is 0.103. The van der Waals surface area contributed by atoms with Crippen LogP contribution in [-0.2, 0) is 11.2 Å². The van der Waals surface area contributed by atoms with E-state index in [1.165, 1.54) is 0 Å². The molecule has 6 heteroatoms. The van der Waals surface area contributed by atoms with Crippen LogP contribution in [0, 0.1) is 13.8 Å². The van der Waals surface area contributed by atoms with Crippen LogP contribution in [0.4, 0.5) is 0 Å². The topological polar surface area (TPSA) is 83.0 Å². The molecule has 0 atom stereocenters. The van der Waals surface area contributed by atoms with E-state index in [2.05, 4.69) is 25.9 Å². The molecule has 0 spiro atoms. The van der Waals surface area contributed by atoms with Crippen LogP contribution < -0.4 is 5.56 Å². The minimum atomic E-state index is -0.929. The van der Waals surface area contributed by atoms with E-state index in [0.717, 1.165) is 15.6 Å². The first kappa shape index (κ1) is 15.4. The number of halogens is 1. The van der Waals surface area contributed by atoms with E-state index in [-0.39, 0.29) is 18.4 Å². The van der Waals surface area contributed by atoms with Crippen molar-refractivity contribution in [2.75, 3.05) is 0 Å². The molecule has 0 bridgehead atoms. The van der Waals surface area contributed by atoms with Gasteiger partial charge in [0.15, 0.2) is 0 Å². The Hall–Kier alpha value is -1.95. The van der Waals surface area contributed by atoms with Gasteiger partial charge < -0.3 is 10.1 Å². The predicted molar refractivity (Wildman–Crippen MR) is 83.4 cm³/mol. The molecule has 0 aliphatic rings. The van der Waals surface area contributed by atoms with Crippen LogP contribution in [0.1, 0.15) is 23.2 Å². The van der Waals surface area contributed by atoms with Crippen molar-refractivity contribution < 1.29 is 9.90 Å². The number of benzene rings is 1. The maximum absolute atomic E-state index is 12.1. The lowest BCUT2D eigenvalue weighted by Gasteiger charge is -2.09. The van der Waals surface area contributed by atoms with E-state index in [0.29, 0.717) is 17.1 Å². The van der Waals surface area contributed by atoms with Crippen LogP contribution in [0.2, 0.25) is 0 Å². The number of carbonyl (C=O) groups is 1. The summed E-state index contributed by atoms with van der Waals surface area (Å²) in [5, 5.41) is 8.71. The summed E-state index contributed by atoms with van der Waals surface area (Å²) in [6, 6.07) is 5.72. The molecule has 5 nitrogen and oxygen atoms in total. The largest absolute Gasteiger partial charge is 0.481 e. The van der Waals surface area contributed by atoms with Crippen molar-refractivity contribution in [2.45, 2.75) is 26.7 Å². The van der Waals surface area contributed by atoms with E-state index >= 15 is 0 Å². The van der Waals surface area contributed by atoms with Crippen molar-refractivity contribution >= 4 is 21.9 Å². The van der Waals surface area contributed by atoms with Gasteiger partial charge in [0.1, 0.15) is 5.82 Å². The highest BCUT2D eigenvalue weighted by Gasteiger charge is 2.12. The van der Waals surface area contributed by atoms with Crippen LogP contribution in [0.25, 0.3) is 11.4 Å². The smallest absolute Gasteiger partial charge is 0.303 e. The highest BCUT2D eigenvalue weighted by molar-refractivity contribution is 9.10. The number of carboxylic acids is 1. The number of aryl methyl sites for hydroxylation is 2. The molecular weight excluding hydrogens is 336 g/mol. The van der Waals surface area contributed by atoms with E-state index in [1.54, 1.807) is 6.92 Å². The summed E-state index contributed by atoms with van der Waals surface area (Å²) < 4.78 is 0.959. The Morgan fingerprint density at radius 1 is 1.38 bits per heavy atom. The van der Waals surface area contributed by atoms with Gasteiger partial charge >= 0.3 is 5.97 Å². The second kappa shape index (κ2) is 6.22. The molecule has 0 fully saturated rings. The average molecular weight is 351 g/mol. The highest BCUT2D eigenvalue weighted by Crippen LogP contribution is 2.23. The summed E-state index contributed by atoms with van der Waals surface area (Å²) in [5.74, 6) is -0.428. The monoisotopic (exact) mass is 350 g/mol. The summed E-state index contributed by atoms with van der Waals surface area (Å²) in [6.45, 7) is 3.66. The molecule has 0 radical (unpaired) electrons. The molecule has 0 saturated carbocycles. The van der Waals surface area contributed by atoms with Gasteiger partial charge in [0.25, 0.3) is 5.56 Å². The maximum Gasteiger partial charge on any atom is 0.303 e. The summed E-state index contributed by atoms with van der Waals surface area (Å²) in [7, 11) is 0. The third-order valence-corrected chi connectivity index (χ3v) is 3.75. The first-order chi connectivity index (χ1) is 9.88. The van der Waals surface area contributed by atoms with Crippen molar-refractivity contribution in [2.24, 2.45) is 0 Å². The number of hydrogen-bond donors (Lipinski definition) is 2. The minimum Gasteiger partial charge on any atom is -0.481 e. The van der Waals surface area contributed by atoms with Crippen molar-refractivity contribution in [3.05, 3.63) is 49.8 Å². The third kappa shape index (κ3) is 3.58. The number of aromatic nitrogens is 2. The second-order valence-corrected chi connectivity index (χ2v) is 5.75. The molecule has 1 aromatic carbocycles. The van der Waals surface area contributed by atoms with E-state index in [4.69, 9.17) is 5.11 Å². The minimum absolute atomic E-state index is 0.0811. The fourth-order valence-electron chi connectivity index (χ4n) is 2.16. The molecule has 0 unspecified atom stereocenters. The Balaban J connectivity index is 2.44. The van der Waals surface area contributed by atoms with Crippen LogP contribution in [0.3, 0.4) is 0 Å². The number of aliphatic carboxylic acids is 1. The Labute approximate surface area is 130 Å². The lowest BCUT2D eigenvalue weighted by molar-refractivity contribution is -0.136.